The Morgan fingerprint density at radius 2 is 1.70 bits per heavy atom. The van der Waals surface area contributed by atoms with Crippen molar-refractivity contribution >= 4 is 46.1 Å². The Bertz CT molecular complexity index is 2000. The minimum atomic E-state index is -0.314. The molecule has 0 radical (unpaired) electrons. The number of imidazole rings is 1. The largest absolute Gasteiger partial charge is 0.493 e. The number of piperidine rings is 1. The maximum Gasteiger partial charge on any atom is 0.254 e. The number of rotatable bonds is 13. The van der Waals surface area contributed by atoms with Crippen LogP contribution < -0.4 is 19.1 Å². The van der Waals surface area contributed by atoms with Crippen LogP contribution in [0, 0.1) is 0 Å². The first kappa shape index (κ1) is 36.9. The van der Waals surface area contributed by atoms with Gasteiger partial charge in [0.25, 0.3) is 5.91 Å². The molecule has 280 valence electrons. The van der Waals surface area contributed by atoms with Gasteiger partial charge in [0.1, 0.15) is 18.1 Å². The molecule has 1 amide bonds. The van der Waals surface area contributed by atoms with Gasteiger partial charge in [0.15, 0.2) is 11.5 Å². The minimum absolute atomic E-state index is 0.0969. The Morgan fingerprint density at radius 1 is 0.962 bits per heavy atom. The molecule has 13 heteroatoms. The second-order valence-corrected chi connectivity index (χ2v) is 14.7. The van der Waals surface area contributed by atoms with E-state index < -0.39 is 0 Å². The summed E-state index contributed by atoms with van der Waals surface area (Å²) < 4.78 is 22.5. The number of aromatic amines is 1. The quantitative estimate of drug-likeness (QED) is 0.127. The van der Waals surface area contributed by atoms with Crippen LogP contribution in [0.4, 0.5) is 5.95 Å². The van der Waals surface area contributed by atoms with Gasteiger partial charge in [-0.1, -0.05) is 41.4 Å². The highest BCUT2D eigenvalue weighted by atomic mass is 35.5. The molecule has 1 unspecified atom stereocenters. The molecule has 0 saturated carbocycles. The van der Waals surface area contributed by atoms with E-state index >= 15 is 0 Å². The summed E-state index contributed by atoms with van der Waals surface area (Å²) in [6.07, 6.45) is 3.51. The lowest BCUT2D eigenvalue weighted by atomic mass is 9.76. The number of fused-ring (bicyclic) bond motifs is 1. The Hall–Kier alpha value is -4.42. The van der Waals surface area contributed by atoms with Gasteiger partial charge in [-0.05, 0) is 86.3 Å². The summed E-state index contributed by atoms with van der Waals surface area (Å²) in [7, 11) is 4.63. The van der Waals surface area contributed by atoms with Crippen molar-refractivity contribution in [1.29, 1.82) is 0 Å². The number of aliphatic hydroxyl groups is 1. The number of aliphatic hydroxyl groups excluding tert-OH is 1. The highest BCUT2D eigenvalue weighted by molar-refractivity contribution is 6.42. The van der Waals surface area contributed by atoms with Crippen LogP contribution in [0.15, 0.2) is 71.1 Å². The van der Waals surface area contributed by atoms with E-state index in [9.17, 15) is 9.90 Å². The third kappa shape index (κ3) is 7.66. The number of amides is 1. The number of benzene rings is 3. The van der Waals surface area contributed by atoms with E-state index in [4.69, 9.17) is 46.8 Å². The maximum atomic E-state index is 14.0. The SMILES string of the molecule is COc1cc(C(=O)N2CCC(CCN3CCC(N(Cc4ccc(CO)o4)c4nc5ccccc5[nH]4)CC3)(c3ccc(Cl)c(Cl)c3)C2)cc(OC)c1OC. The third-order valence-corrected chi connectivity index (χ3v) is 11.6. The summed E-state index contributed by atoms with van der Waals surface area (Å²) >= 11 is 13.0. The number of nitrogens with zero attached hydrogens (tertiary/aromatic N) is 4. The molecule has 1 atom stereocenters. The molecule has 11 nitrogen and oxygen atoms in total. The van der Waals surface area contributed by atoms with Crippen LogP contribution in [0.3, 0.4) is 0 Å². The van der Waals surface area contributed by atoms with Gasteiger partial charge < -0.3 is 43.4 Å². The Kier molecular flexibility index (Phi) is 11.1. The van der Waals surface area contributed by atoms with Gasteiger partial charge in [-0.3, -0.25) is 4.79 Å². The Morgan fingerprint density at radius 3 is 2.36 bits per heavy atom. The predicted octanol–water partition coefficient (Wildman–Crippen LogP) is 7.33. The zero-order valence-corrected chi connectivity index (χ0v) is 31.8. The molecule has 4 heterocycles. The number of hydrogen-bond donors (Lipinski definition) is 2. The highest BCUT2D eigenvalue weighted by Crippen LogP contribution is 2.43. The van der Waals surface area contributed by atoms with Crippen LogP contribution in [0.1, 0.15) is 53.1 Å². The Balaban J connectivity index is 1.07. The van der Waals surface area contributed by atoms with Crippen LogP contribution >= 0.6 is 23.2 Å². The van der Waals surface area contributed by atoms with E-state index in [1.165, 1.54) is 0 Å². The molecule has 2 aliphatic heterocycles. The van der Waals surface area contributed by atoms with Crippen molar-refractivity contribution in [2.45, 2.75) is 50.3 Å². The topological polar surface area (TPSA) is 117 Å². The van der Waals surface area contributed by atoms with Gasteiger partial charge in [-0.15, -0.1) is 0 Å². The number of carbonyl (C=O) groups excluding carboxylic acids is 1. The van der Waals surface area contributed by atoms with Crippen molar-refractivity contribution in [3.63, 3.8) is 0 Å². The second-order valence-electron chi connectivity index (χ2n) is 13.9. The van der Waals surface area contributed by atoms with Crippen LogP contribution in [-0.4, -0.2) is 90.9 Å². The summed E-state index contributed by atoms with van der Waals surface area (Å²) in [5.41, 5.74) is 3.15. The number of methoxy groups -OCH3 is 3. The van der Waals surface area contributed by atoms with Crippen LogP contribution in [0.5, 0.6) is 17.2 Å². The average molecular weight is 763 g/mol. The zero-order valence-electron chi connectivity index (χ0n) is 30.2. The first-order valence-electron chi connectivity index (χ1n) is 17.9. The number of aromatic nitrogens is 2. The molecule has 7 rings (SSSR count). The monoisotopic (exact) mass is 761 g/mol. The van der Waals surface area contributed by atoms with Gasteiger partial charge in [0, 0.05) is 43.2 Å². The summed E-state index contributed by atoms with van der Waals surface area (Å²) in [4.78, 5) is 29.2. The van der Waals surface area contributed by atoms with Crippen molar-refractivity contribution in [3.8, 4) is 17.2 Å². The Labute approximate surface area is 319 Å². The maximum absolute atomic E-state index is 14.0. The van der Waals surface area contributed by atoms with E-state index in [1.54, 1.807) is 33.5 Å². The number of H-pyrrole nitrogens is 1. The third-order valence-electron chi connectivity index (χ3n) is 10.8. The van der Waals surface area contributed by atoms with Gasteiger partial charge in [-0.25, -0.2) is 4.98 Å². The molecule has 2 fully saturated rings. The number of ether oxygens (including phenoxy) is 3. The lowest BCUT2D eigenvalue weighted by Crippen LogP contribution is -2.46. The van der Waals surface area contributed by atoms with E-state index in [0.717, 1.165) is 73.6 Å². The fourth-order valence-electron chi connectivity index (χ4n) is 7.88. The lowest BCUT2D eigenvalue weighted by Gasteiger charge is -2.39. The summed E-state index contributed by atoms with van der Waals surface area (Å²) in [6, 6.07) is 21.3. The molecule has 2 aromatic heterocycles. The first-order valence-corrected chi connectivity index (χ1v) is 18.7. The van der Waals surface area contributed by atoms with Crippen molar-refractivity contribution < 1.29 is 28.5 Å². The standard InChI is InChI=1S/C40H45Cl2N5O6/c1-50-35-20-26(21-36(51-2)37(35)52-3)38(49)46-19-15-40(25-46,27-8-11-31(41)32(42)22-27)14-18-45-16-12-28(13-17-45)47(23-29-9-10-30(24-48)53-29)39-43-33-6-4-5-7-34(33)44-39/h4-11,20-22,28,48H,12-19,23-25H2,1-3H3,(H,43,44). The molecule has 5 aromatic rings. The van der Waals surface area contributed by atoms with Crippen LogP contribution in [0.25, 0.3) is 11.0 Å². The normalized spacial score (nSPS) is 18.1. The first-order chi connectivity index (χ1) is 25.7. The summed E-state index contributed by atoms with van der Waals surface area (Å²) in [5, 5.41) is 10.6. The number of carbonyl (C=O) groups is 1. The van der Waals surface area contributed by atoms with E-state index in [0.29, 0.717) is 58.3 Å². The van der Waals surface area contributed by atoms with Gasteiger partial charge in [-0.2, -0.15) is 0 Å². The van der Waals surface area contributed by atoms with Crippen molar-refractivity contribution in [1.82, 2.24) is 19.8 Å². The molecule has 0 spiro atoms. The van der Waals surface area contributed by atoms with E-state index in [-0.39, 0.29) is 24.0 Å². The molecular weight excluding hydrogens is 717 g/mol. The summed E-state index contributed by atoms with van der Waals surface area (Å²) in [6.45, 7) is 4.22. The number of halogens is 2. The zero-order chi connectivity index (χ0) is 37.1. The molecule has 2 N–H and O–H groups in total. The number of para-hydroxylation sites is 2. The average Bonchev–Trinajstić information content (AvgIpc) is 3.95. The number of nitrogens with one attached hydrogen (secondary N) is 1. The molecule has 3 aromatic carbocycles. The summed E-state index contributed by atoms with van der Waals surface area (Å²) in [5.74, 6) is 3.36. The van der Waals surface area contributed by atoms with Gasteiger partial charge >= 0.3 is 0 Å². The molecule has 53 heavy (non-hydrogen) atoms. The minimum Gasteiger partial charge on any atom is -0.493 e. The van der Waals surface area contributed by atoms with Gasteiger partial charge in [0.2, 0.25) is 11.7 Å². The number of anilines is 1. The number of hydrogen-bond acceptors (Lipinski definition) is 9. The van der Waals surface area contributed by atoms with E-state index in [1.807, 2.05) is 53.4 Å². The number of likely N-dealkylation sites (tertiary alicyclic amines) is 2. The molecular formula is C40H45Cl2N5O6. The lowest BCUT2D eigenvalue weighted by molar-refractivity contribution is 0.0779. The van der Waals surface area contributed by atoms with Crippen molar-refractivity contribution in [2.75, 3.05) is 59.0 Å². The van der Waals surface area contributed by atoms with Crippen LogP contribution in [-0.2, 0) is 18.6 Å². The second kappa shape index (κ2) is 15.9. The fraction of sp³-hybridized carbons (Fsp3) is 0.400. The van der Waals surface area contributed by atoms with Crippen LogP contribution in [0.2, 0.25) is 10.0 Å². The van der Waals surface area contributed by atoms with E-state index in [2.05, 4.69) is 20.9 Å². The predicted molar refractivity (Wildman–Crippen MR) is 206 cm³/mol. The molecule has 2 aliphatic rings. The van der Waals surface area contributed by atoms with Crippen molar-refractivity contribution in [2.24, 2.45) is 0 Å². The van der Waals surface area contributed by atoms with Gasteiger partial charge in [0.05, 0.1) is 49.0 Å². The fourth-order valence-corrected chi connectivity index (χ4v) is 8.18. The molecule has 2 saturated heterocycles. The van der Waals surface area contributed by atoms with Crippen molar-refractivity contribution in [3.05, 3.63) is 99.4 Å². The number of furan rings is 1. The molecule has 0 aliphatic carbocycles. The highest BCUT2D eigenvalue weighted by Gasteiger charge is 2.42. The smallest absolute Gasteiger partial charge is 0.254 e. The molecule has 0 bridgehead atoms.